The lowest BCUT2D eigenvalue weighted by molar-refractivity contribution is -0.137. The fourth-order valence-electron chi connectivity index (χ4n) is 5.34. The highest BCUT2D eigenvalue weighted by Gasteiger charge is 2.37. The van der Waals surface area contributed by atoms with Gasteiger partial charge in [0.15, 0.2) is 11.5 Å². The SMILES string of the molecule is COc1cc2c(cc1OC)C(COc1cccc(C(F)(F)F)c1)N(C(=O)C(c1ccccc1)c1ccccc1)CC2. The van der Waals surface area contributed by atoms with E-state index in [2.05, 4.69) is 0 Å². The summed E-state index contributed by atoms with van der Waals surface area (Å²) in [6.07, 6.45) is -3.93. The summed E-state index contributed by atoms with van der Waals surface area (Å²) < 4.78 is 57.1. The van der Waals surface area contributed by atoms with E-state index in [4.69, 9.17) is 14.2 Å². The number of hydrogen-bond acceptors (Lipinski definition) is 4. The summed E-state index contributed by atoms with van der Waals surface area (Å²) in [6.45, 7) is 0.347. The normalized spacial score (nSPS) is 14.9. The summed E-state index contributed by atoms with van der Waals surface area (Å²) >= 11 is 0. The van der Waals surface area contributed by atoms with Crippen molar-refractivity contribution in [2.75, 3.05) is 27.4 Å². The van der Waals surface area contributed by atoms with Crippen LogP contribution in [0.4, 0.5) is 13.2 Å². The predicted molar refractivity (Wildman–Crippen MR) is 149 cm³/mol. The highest BCUT2D eigenvalue weighted by Crippen LogP contribution is 2.41. The lowest BCUT2D eigenvalue weighted by Crippen LogP contribution is -2.45. The van der Waals surface area contributed by atoms with Crippen LogP contribution in [-0.2, 0) is 17.4 Å². The van der Waals surface area contributed by atoms with E-state index in [1.165, 1.54) is 19.2 Å². The number of rotatable bonds is 8. The molecular weight excluding hydrogens is 531 g/mol. The molecule has 1 aliphatic rings. The van der Waals surface area contributed by atoms with Crippen LogP contribution in [0, 0.1) is 0 Å². The Hall–Kier alpha value is -4.46. The molecule has 5 rings (SSSR count). The Labute approximate surface area is 237 Å². The summed E-state index contributed by atoms with van der Waals surface area (Å²) in [4.78, 5) is 16.2. The first kappa shape index (κ1) is 28.1. The highest BCUT2D eigenvalue weighted by atomic mass is 19.4. The zero-order valence-electron chi connectivity index (χ0n) is 22.7. The fraction of sp³-hybridized carbons (Fsp3) is 0.242. The first-order valence-electron chi connectivity index (χ1n) is 13.3. The molecule has 212 valence electrons. The second kappa shape index (κ2) is 12.0. The third-order valence-corrected chi connectivity index (χ3v) is 7.37. The Kier molecular flexibility index (Phi) is 8.19. The van der Waals surface area contributed by atoms with Gasteiger partial charge in [-0.2, -0.15) is 13.2 Å². The van der Waals surface area contributed by atoms with Crippen LogP contribution in [0.15, 0.2) is 97.1 Å². The molecule has 0 saturated heterocycles. The van der Waals surface area contributed by atoms with E-state index < -0.39 is 23.7 Å². The van der Waals surface area contributed by atoms with Crippen LogP contribution >= 0.6 is 0 Å². The fourth-order valence-corrected chi connectivity index (χ4v) is 5.34. The van der Waals surface area contributed by atoms with Gasteiger partial charge in [-0.3, -0.25) is 4.79 Å². The minimum Gasteiger partial charge on any atom is -0.493 e. The van der Waals surface area contributed by atoms with Crippen LogP contribution in [0.5, 0.6) is 17.2 Å². The molecule has 4 aromatic rings. The van der Waals surface area contributed by atoms with Crippen molar-refractivity contribution in [3.8, 4) is 17.2 Å². The van der Waals surface area contributed by atoms with E-state index in [-0.39, 0.29) is 18.3 Å². The molecule has 0 bridgehead atoms. The smallest absolute Gasteiger partial charge is 0.416 e. The van der Waals surface area contributed by atoms with Crippen LogP contribution in [-0.4, -0.2) is 38.2 Å². The van der Waals surface area contributed by atoms with Crippen LogP contribution in [0.2, 0.25) is 0 Å². The molecule has 0 fully saturated rings. The number of benzene rings is 4. The Morgan fingerprint density at radius 3 is 2.05 bits per heavy atom. The van der Waals surface area contributed by atoms with Gasteiger partial charge in [0.25, 0.3) is 0 Å². The second-order valence-electron chi connectivity index (χ2n) is 9.79. The molecule has 1 unspecified atom stereocenters. The molecule has 0 N–H and O–H groups in total. The topological polar surface area (TPSA) is 48.0 Å². The van der Waals surface area contributed by atoms with Crippen LogP contribution in [0.1, 0.15) is 39.8 Å². The second-order valence-corrected chi connectivity index (χ2v) is 9.79. The van der Waals surface area contributed by atoms with Gasteiger partial charge in [0, 0.05) is 6.54 Å². The van der Waals surface area contributed by atoms with Gasteiger partial charge in [-0.15, -0.1) is 0 Å². The van der Waals surface area contributed by atoms with Gasteiger partial charge < -0.3 is 19.1 Å². The lowest BCUT2D eigenvalue weighted by atomic mass is 9.86. The van der Waals surface area contributed by atoms with Crippen molar-refractivity contribution >= 4 is 5.91 Å². The quantitative estimate of drug-likeness (QED) is 0.231. The van der Waals surface area contributed by atoms with Gasteiger partial charge >= 0.3 is 6.18 Å². The van der Waals surface area contributed by atoms with Gasteiger partial charge in [0.05, 0.1) is 31.7 Å². The predicted octanol–water partition coefficient (Wildman–Crippen LogP) is 7.06. The Morgan fingerprint density at radius 1 is 0.854 bits per heavy atom. The zero-order valence-corrected chi connectivity index (χ0v) is 22.7. The number of halogens is 3. The first-order chi connectivity index (χ1) is 19.8. The average molecular weight is 562 g/mol. The minimum absolute atomic E-state index is 0.0498. The number of amides is 1. The van der Waals surface area contributed by atoms with E-state index in [0.29, 0.717) is 24.5 Å². The van der Waals surface area contributed by atoms with Crippen LogP contribution < -0.4 is 14.2 Å². The molecule has 1 heterocycles. The van der Waals surface area contributed by atoms with Crippen molar-refractivity contribution in [1.29, 1.82) is 0 Å². The van der Waals surface area contributed by atoms with Gasteiger partial charge in [0.1, 0.15) is 12.4 Å². The maximum atomic E-state index is 14.5. The van der Waals surface area contributed by atoms with Gasteiger partial charge in [-0.1, -0.05) is 66.7 Å². The molecule has 0 saturated carbocycles. The zero-order chi connectivity index (χ0) is 29.0. The van der Waals surface area contributed by atoms with Crippen molar-refractivity contribution in [3.63, 3.8) is 0 Å². The molecule has 0 spiro atoms. The van der Waals surface area contributed by atoms with Crippen LogP contribution in [0.3, 0.4) is 0 Å². The molecular formula is C33H30F3NO4. The first-order valence-corrected chi connectivity index (χ1v) is 13.3. The third kappa shape index (κ3) is 6.01. The third-order valence-electron chi connectivity index (χ3n) is 7.37. The molecule has 0 radical (unpaired) electrons. The summed E-state index contributed by atoms with van der Waals surface area (Å²) in [5, 5.41) is 0. The number of nitrogens with zero attached hydrogens (tertiary/aromatic N) is 1. The largest absolute Gasteiger partial charge is 0.493 e. The van der Waals surface area contributed by atoms with Crippen LogP contribution in [0.25, 0.3) is 0 Å². The van der Waals surface area contributed by atoms with Crippen molar-refractivity contribution < 1.29 is 32.2 Å². The molecule has 1 aliphatic heterocycles. The molecule has 1 atom stereocenters. The number of carbonyl (C=O) groups excluding carboxylic acids is 1. The Balaban J connectivity index is 1.55. The maximum Gasteiger partial charge on any atom is 0.416 e. The van der Waals surface area contributed by atoms with Crippen molar-refractivity contribution in [2.45, 2.75) is 24.6 Å². The molecule has 8 heteroatoms. The number of methoxy groups -OCH3 is 2. The molecule has 0 aromatic heterocycles. The van der Waals surface area contributed by atoms with Crippen molar-refractivity contribution in [3.05, 3.63) is 125 Å². The Bertz CT molecular complexity index is 1450. The van der Waals surface area contributed by atoms with E-state index in [1.807, 2.05) is 72.8 Å². The highest BCUT2D eigenvalue weighted by molar-refractivity contribution is 5.88. The van der Waals surface area contributed by atoms with E-state index in [0.717, 1.165) is 34.4 Å². The van der Waals surface area contributed by atoms with E-state index in [9.17, 15) is 18.0 Å². The summed E-state index contributed by atoms with van der Waals surface area (Å²) in [5.41, 5.74) is 2.65. The number of fused-ring (bicyclic) bond motifs is 1. The molecule has 5 nitrogen and oxygen atoms in total. The summed E-state index contributed by atoms with van der Waals surface area (Å²) in [6, 6.07) is 27.0. The molecule has 4 aromatic carbocycles. The van der Waals surface area contributed by atoms with Crippen molar-refractivity contribution in [1.82, 2.24) is 4.90 Å². The van der Waals surface area contributed by atoms with Crippen molar-refractivity contribution in [2.24, 2.45) is 0 Å². The average Bonchev–Trinajstić information content (AvgIpc) is 3.00. The maximum absolute atomic E-state index is 14.5. The monoisotopic (exact) mass is 561 g/mol. The molecule has 1 amide bonds. The van der Waals surface area contributed by atoms with Gasteiger partial charge in [0.2, 0.25) is 5.91 Å². The van der Waals surface area contributed by atoms with Gasteiger partial charge in [-0.05, 0) is 59.0 Å². The number of ether oxygens (including phenoxy) is 3. The Morgan fingerprint density at radius 2 is 1.46 bits per heavy atom. The summed E-state index contributed by atoms with van der Waals surface area (Å²) in [5.74, 6) is 0.431. The van der Waals surface area contributed by atoms with Gasteiger partial charge in [-0.25, -0.2) is 0 Å². The number of carbonyl (C=O) groups is 1. The van der Waals surface area contributed by atoms with E-state index in [1.54, 1.807) is 12.0 Å². The lowest BCUT2D eigenvalue weighted by Gasteiger charge is -2.39. The standard InChI is InChI=1S/C33H30F3NO4/c1-39-29-18-24-16-17-37(32(38)31(22-10-5-3-6-11-22)23-12-7-4-8-13-23)28(27(24)20-30(29)40-2)21-41-26-15-9-14-25(19-26)33(34,35)36/h3-15,18-20,28,31H,16-17,21H2,1-2H3. The van der Waals surface area contributed by atoms with E-state index >= 15 is 0 Å². The minimum atomic E-state index is -4.50. The number of hydrogen-bond donors (Lipinski definition) is 0. The molecule has 41 heavy (non-hydrogen) atoms. The molecule has 0 aliphatic carbocycles. The number of alkyl halides is 3. The summed E-state index contributed by atoms with van der Waals surface area (Å²) in [7, 11) is 3.09.